The Morgan fingerprint density at radius 2 is 2.37 bits per heavy atom. The van der Waals surface area contributed by atoms with Crippen LogP contribution in [0.3, 0.4) is 0 Å². The molecule has 1 aromatic carbocycles. The quantitative estimate of drug-likeness (QED) is 0.850. The van der Waals surface area contributed by atoms with Gasteiger partial charge in [-0.1, -0.05) is 0 Å². The smallest absolute Gasteiger partial charge is 0.306 e. The van der Waals surface area contributed by atoms with Crippen molar-refractivity contribution in [2.45, 2.75) is 19.4 Å². The summed E-state index contributed by atoms with van der Waals surface area (Å²) in [5.74, 6) is -0.186. The van der Waals surface area contributed by atoms with E-state index < -0.39 is 5.97 Å². The molecule has 0 bridgehead atoms. The van der Waals surface area contributed by atoms with Crippen LogP contribution in [0.5, 0.6) is 11.5 Å². The van der Waals surface area contributed by atoms with E-state index in [0.717, 1.165) is 0 Å². The van der Waals surface area contributed by atoms with Gasteiger partial charge in [-0.3, -0.25) is 9.59 Å². The summed E-state index contributed by atoms with van der Waals surface area (Å²) in [6, 6.07) is 4.81. The van der Waals surface area contributed by atoms with Crippen LogP contribution in [0.2, 0.25) is 0 Å². The number of ether oxygens (including phenoxy) is 2. The molecule has 0 aliphatic carbocycles. The maximum atomic E-state index is 11.9. The molecule has 1 amide bonds. The Hall–Kier alpha value is -2.24. The molecule has 0 spiro atoms. The van der Waals surface area contributed by atoms with Crippen molar-refractivity contribution >= 4 is 11.9 Å². The van der Waals surface area contributed by atoms with Gasteiger partial charge in [0.2, 0.25) is 0 Å². The summed E-state index contributed by atoms with van der Waals surface area (Å²) in [5, 5.41) is 11.3. The zero-order chi connectivity index (χ0) is 13.8. The third-order valence-electron chi connectivity index (χ3n) is 2.65. The van der Waals surface area contributed by atoms with Crippen LogP contribution < -0.4 is 14.8 Å². The molecule has 0 aromatic heterocycles. The number of carboxylic acid groups (broad SMARTS) is 1. The van der Waals surface area contributed by atoms with E-state index in [9.17, 15) is 9.59 Å². The first-order chi connectivity index (χ1) is 9.06. The molecule has 19 heavy (non-hydrogen) atoms. The van der Waals surface area contributed by atoms with E-state index in [-0.39, 0.29) is 25.0 Å². The lowest BCUT2D eigenvalue weighted by Gasteiger charge is -2.09. The molecule has 1 aliphatic heterocycles. The fourth-order valence-corrected chi connectivity index (χ4v) is 1.72. The third kappa shape index (κ3) is 3.37. The van der Waals surface area contributed by atoms with Crippen LogP contribution in [0.25, 0.3) is 0 Å². The van der Waals surface area contributed by atoms with Gasteiger partial charge in [0.05, 0.1) is 24.6 Å². The minimum absolute atomic E-state index is 0.0590. The first-order valence-corrected chi connectivity index (χ1v) is 5.98. The molecule has 0 radical (unpaired) electrons. The second kappa shape index (κ2) is 5.60. The summed E-state index contributed by atoms with van der Waals surface area (Å²) in [5.41, 5.74) is 0.400. The molecule has 0 saturated carbocycles. The Morgan fingerprint density at radius 1 is 1.58 bits per heavy atom. The van der Waals surface area contributed by atoms with Crippen LogP contribution in [0.1, 0.15) is 23.7 Å². The summed E-state index contributed by atoms with van der Waals surface area (Å²) in [7, 11) is 0. The van der Waals surface area contributed by atoms with Gasteiger partial charge in [0, 0.05) is 0 Å². The van der Waals surface area contributed by atoms with E-state index in [1.807, 2.05) is 6.92 Å². The van der Waals surface area contributed by atoms with Gasteiger partial charge in [0.25, 0.3) is 5.91 Å². The van der Waals surface area contributed by atoms with Crippen molar-refractivity contribution < 1.29 is 24.2 Å². The lowest BCUT2D eigenvalue weighted by molar-refractivity contribution is -0.137. The largest absolute Gasteiger partial charge is 0.493 e. The topological polar surface area (TPSA) is 84.9 Å². The number of benzene rings is 1. The highest BCUT2D eigenvalue weighted by Gasteiger charge is 2.20. The number of hydrogen-bond acceptors (Lipinski definition) is 4. The average Bonchev–Trinajstić information content (AvgIpc) is 2.49. The second-order valence-corrected chi connectivity index (χ2v) is 4.34. The van der Waals surface area contributed by atoms with Crippen LogP contribution in [0, 0.1) is 0 Å². The number of aliphatic carboxylic acids is 1. The van der Waals surface area contributed by atoms with E-state index in [1.54, 1.807) is 18.2 Å². The van der Waals surface area contributed by atoms with Gasteiger partial charge in [0.1, 0.15) is 18.1 Å². The first-order valence-electron chi connectivity index (χ1n) is 5.98. The highest BCUT2D eigenvalue weighted by molar-refractivity contribution is 5.97. The standard InChI is InChI=1S/C13H15NO5/c1-8-7-19-11-3-2-9(18-5-4-12(15)16)6-10(11)13(17)14-8/h2-3,6,8H,4-5,7H2,1H3,(H,14,17)(H,15,16). The molecule has 1 heterocycles. The number of carboxylic acids is 1. The second-order valence-electron chi connectivity index (χ2n) is 4.34. The summed E-state index contributed by atoms with van der Waals surface area (Å²) in [4.78, 5) is 22.3. The van der Waals surface area contributed by atoms with Crippen molar-refractivity contribution in [1.82, 2.24) is 5.32 Å². The minimum atomic E-state index is -0.926. The molecule has 0 saturated heterocycles. The molecule has 1 aliphatic rings. The molecule has 0 fully saturated rings. The van der Waals surface area contributed by atoms with E-state index in [0.29, 0.717) is 23.7 Å². The normalized spacial score (nSPS) is 17.7. The van der Waals surface area contributed by atoms with Gasteiger partial charge >= 0.3 is 5.97 Å². The lowest BCUT2D eigenvalue weighted by atomic mass is 10.1. The number of carbonyl (C=O) groups is 2. The molecular formula is C13H15NO5. The number of rotatable bonds is 4. The van der Waals surface area contributed by atoms with Crippen LogP contribution in [-0.4, -0.2) is 36.2 Å². The molecule has 1 unspecified atom stereocenters. The minimum Gasteiger partial charge on any atom is -0.493 e. The Morgan fingerprint density at radius 3 is 3.11 bits per heavy atom. The monoisotopic (exact) mass is 265 g/mol. The molecule has 2 N–H and O–H groups in total. The summed E-state index contributed by atoms with van der Waals surface area (Å²) >= 11 is 0. The van der Waals surface area contributed by atoms with Crippen molar-refractivity contribution in [2.75, 3.05) is 13.2 Å². The SMILES string of the molecule is CC1COc2ccc(OCCC(=O)O)cc2C(=O)N1. The highest BCUT2D eigenvalue weighted by atomic mass is 16.5. The molecule has 2 rings (SSSR count). The molecule has 1 atom stereocenters. The third-order valence-corrected chi connectivity index (χ3v) is 2.65. The molecular weight excluding hydrogens is 250 g/mol. The number of carbonyl (C=O) groups excluding carboxylic acids is 1. The zero-order valence-electron chi connectivity index (χ0n) is 10.5. The van der Waals surface area contributed by atoms with Crippen LogP contribution in [0.15, 0.2) is 18.2 Å². The predicted octanol–water partition coefficient (Wildman–Crippen LogP) is 1.05. The van der Waals surface area contributed by atoms with E-state index in [4.69, 9.17) is 14.6 Å². The van der Waals surface area contributed by atoms with Crippen molar-refractivity contribution in [2.24, 2.45) is 0 Å². The molecule has 102 valence electrons. The maximum absolute atomic E-state index is 11.9. The number of nitrogens with one attached hydrogen (secondary N) is 1. The summed E-state index contributed by atoms with van der Waals surface area (Å²) in [6.07, 6.45) is -0.0865. The number of fused-ring (bicyclic) bond motifs is 1. The maximum Gasteiger partial charge on any atom is 0.306 e. The van der Waals surface area contributed by atoms with Gasteiger partial charge < -0.3 is 19.9 Å². The van der Waals surface area contributed by atoms with Crippen LogP contribution in [-0.2, 0) is 4.79 Å². The van der Waals surface area contributed by atoms with Gasteiger partial charge in [-0.15, -0.1) is 0 Å². The number of hydrogen-bond donors (Lipinski definition) is 2. The number of amides is 1. The van der Waals surface area contributed by atoms with Crippen molar-refractivity contribution in [3.05, 3.63) is 23.8 Å². The molecule has 6 nitrogen and oxygen atoms in total. The van der Waals surface area contributed by atoms with Gasteiger partial charge in [-0.05, 0) is 25.1 Å². The van der Waals surface area contributed by atoms with E-state index in [2.05, 4.69) is 5.32 Å². The van der Waals surface area contributed by atoms with Crippen molar-refractivity contribution in [1.29, 1.82) is 0 Å². The van der Waals surface area contributed by atoms with Crippen LogP contribution in [0.4, 0.5) is 0 Å². The van der Waals surface area contributed by atoms with Gasteiger partial charge in [0.15, 0.2) is 0 Å². The summed E-state index contributed by atoms with van der Waals surface area (Å²) in [6.45, 7) is 2.33. The fraction of sp³-hybridized carbons (Fsp3) is 0.385. The Balaban J connectivity index is 2.11. The predicted molar refractivity (Wildman–Crippen MR) is 66.6 cm³/mol. The van der Waals surface area contributed by atoms with E-state index in [1.165, 1.54) is 0 Å². The lowest BCUT2D eigenvalue weighted by Crippen LogP contribution is -2.33. The Labute approximate surface area is 110 Å². The summed E-state index contributed by atoms with van der Waals surface area (Å²) < 4.78 is 10.8. The Bertz CT molecular complexity index is 500. The molecule has 1 aromatic rings. The molecule has 6 heteroatoms. The van der Waals surface area contributed by atoms with Crippen molar-refractivity contribution in [3.63, 3.8) is 0 Å². The zero-order valence-corrected chi connectivity index (χ0v) is 10.5. The average molecular weight is 265 g/mol. The van der Waals surface area contributed by atoms with Crippen molar-refractivity contribution in [3.8, 4) is 11.5 Å². The van der Waals surface area contributed by atoms with Gasteiger partial charge in [-0.25, -0.2) is 0 Å². The van der Waals surface area contributed by atoms with Gasteiger partial charge in [-0.2, -0.15) is 0 Å². The Kier molecular flexibility index (Phi) is 3.89. The van der Waals surface area contributed by atoms with Crippen LogP contribution >= 0.6 is 0 Å². The van der Waals surface area contributed by atoms with E-state index >= 15 is 0 Å². The first kappa shape index (κ1) is 13.2. The fourth-order valence-electron chi connectivity index (χ4n) is 1.72. The highest BCUT2D eigenvalue weighted by Crippen LogP contribution is 2.26.